The second-order valence-corrected chi connectivity index (χ2v) is 5.22. The average molecular weight is 292 g/mol. The van der Waals surface area contributed by atoms with Gasteiger partial charge in [-0.1, -0.05) is 30.0 Å². The van der Waals surface area contributed by atoms with E-state index >= 15 is 0 Å². The van der Waals surface area contributed by atoms with Gasteiger partial charge in [0.15, 0.2) is 5.16 Å². The number of nitrogens with zero attached hydrogens (tertiary/aromatic N) is 2. The summed E-state index contributed by atoms with van der Waals surface area (Å²) in [4.78, 5) is 15.1. The van der Waals surface area contributed by atoms with Crippen molar-refractivity contribution in [3.8, 4) is 5.69 Å². The highest BCUT2D eigenvalue weighted by Crippen LogP contribution is 2.24. The largest absolute Gasteiger partial charge is 0.481 e. The summed E-state index contributed by atoms with van der Waals surface area (Å²) in [6.45, 7) is 2.39. The van der Waals surface area contributed by atoms with Crippen molar-refractivity contribution in [3.63, 3.8) is 0 Å². The molecule has 1 aromatic carbocycles. The number of thioether (sulfide) groups is 1. The van der Waals surface area contributed by atoms with Crippen LogP contribution >= 0.6 is 11.8 Å². The number of ether oxygens (including phenoxy) is 1. The lowest BCUT2D eigenvalue weighted by Crippen LogP contribution is -2.04. The number of hydrogen-bond acceptors (Lipinski definition) is 4. The number of aromatic nitrogens is 2. The average Bonchev–Trinajstić information content (AvgIpc) is 2.78. The predicted octanol–water partition coefficient (Wildman–Crippen LogP) is 2.50. The van der Waals surface area contributed by atoms with Crippen molar-refractivity contribution in [1.82, 2.24) is 9.55 Å². The second-order valence-electron chi connectivity index (χ2n) is 4.28. The molecule has 0 amide bonds. The molecule has 1 N–H and O–H groups in total. The summed E-state index contributed by atoms with van der Waals surface area (Å²) in [6.07, 6.45) is 1.90. The number of imidazole rings is 1. The maximum absolute atomic E-state index is 10.7. The Morgan fingerprint density at radius 1 is 1.45 bits per heavy atom. The van der Waals surface area contributed by atoms with Gasteiger partial charge in [0.1, 0.15) is 0 Å². The first-order valence-electron chi connectivity index (χ1n) is 6.09. The summed E-state index contributed by atoms with van der Waals surface area (Å²) in [5, 5.41) is 9.48. The molecule has 0 spiro atoms. The lowest BCUT2D eigenvalue weighted by Gasteiger charge is -2.11. The van der Waals surface area contributed by atoms with Gasteiger partial charge in [0.2, 0.25) is 0 Å². The fraction of sp³-hybridized carbons (Fsp3) is 0.286. The maximum Gasteiger partial charge on any atom is 0.313 e. The zero-order valence-corrected chi connectivity index (χ0v) is 12.2. The van der Waals surface area contributed by atoms with Gasteiger partial charge in [0.05, 0.1) is 23.7 Å². The Labute approximate surface area is 121 Å². The minimum atomic E-state index is -0.854. The van der Waals surface area contributed by atoms with E-state index in [1.807, 2.05) is 42.0 Å². The molecule has 1 heterocycles. The predicted molar refractivity (Wildman–Crippen MR) is 77.4 cm³/mol. The minimum absolute atomic E-state index is 0.0110. The van der Waals surface area contributed by atoms with Crippen LogP contribution in [0.2, 0.25) is 0 Å². The van der Waals surface area contributed by atoms with Crippen LogP contribution < -0.4 is 0 Å². The van der Waals surface area contributed by atoms with Crippen molar-refractivity contribution in [2.45, 2.75) is 18.7 Å². The summed E-state index contributed by atoms with van der Waals surface area (Å²) >= 11 is 1.21. The van der Waals surface area contributed by atoms with Gasteiger partial charge >= 0.3 is 5.97 Å². The molecule has 0 saturated carbocycles. The molecule has 0 aliphatic rings. The first-order chi connectivity index (χ1) is 9.61. The second kappa shape index (κ2) is 6.58. The molecule has 2 aromatic rings. The number of carboxylic acids is 1. The van der Waals surface area contributed by atoms with E-state index in [4.69, 9.17) is 9.84 Å². The number of benzene rings is 1. The Kier molecular flexibility index (Phi) is 4.81. The number of carboxylic acid groups (broad SMARTS) is 1. The molecule has 0 aliphatic heterocycles. The van der Waals surface area contributed by atoms with Gasteiger partial charge in [-0.15, -0.1) is 0 Å². The summed E-state index contributed by atoms with van der Waals surface area (Å²) in [5.41, 5.74) is 2.84. The van der Waals surface area contributed by atoms with Gasteiger partial charge in [-0.2, -0.15) is 0 Å². The zero-order chi connectivity index (χ0) is 14.5. The van der Waals surface area contributed by atoms with E-state index in [1.54, 1.807) is 7.11 Å². The lowest BCUT2D eigenvalue weighted by molar-refractivity contribution is -0.133. The Balaban J connectivity index is 2.39. The molecule has 0 bridgehead atoms. The number of methoxy groups -OCH3 is 1. The zero-order valence-electron chi connectivity index (χ0n) is 11.4. The molecule has 5 nitrogen and oxygen atoms in total. The van der Waals surface area contributed by atoms with Gasteiger partial charge < -0.3 is 9.84 Å². The molecule has 0 atom stereocenters. The molecule has 1 aromatic heterocycles. The van der Waals surface area contributed by atoms with Crippen LogP contribution in [0.15, 0.2) is 35.6 Å². The third-order valence-electron chi connectivity index (χ3n) is 2.67. The molecular formula is C14H16N2O3S. The van der Waals surface area contributed by atoms with E-state index in [0.717, 1.165) is 16.9 Å². The van der Waals surface area contributed by atoms with Crippen molar-refractivity contribution in [1.29, 1.82) is 0 Å². The van der Waals surface area contributed by atoms with Gasteiger partial charge in [-0.05, 0) is 13.0 Å². The Morgan fingerprint density at radius 3 is 2.90 bits per heavy atom. The van der Waals surface area contributed by atoms with Crippen LogP contribution in [-0.2, 0) is 16.1 Å². The van der Waals surface area contributed by atoms with Gasteiger partial charge in [-0.25, -0.2) is 4.98 Å². The molecule has 6 heteroatoms. The Hall–Kier alpha value is -1.79. The quantitative estimate of drug-likeness (QED) is 0.829. The molecular weight excluding hydrogens is 276 g/mol. The number of para-hydroxylation sites is 1. The standard InChI is InChI=1S/C14H16N2O3S/c1-10-7-16(14(15-10)20-9-13(17)18)12-6-4-3-5-11(12)8-19-2/h3-7H,8-9H2,1-2H3,(H,17,18). The fourth-order valence-corrected chi connectivity index (χ4v) is 2.65. The first-order valence-corrected chi connectivity index (χ1v) is 7.08. The van der Waals surface area contributed by atoms with Crippen molar-refractivity contribution in [2.24, 2.45) is 0 Å². The summed E-state index contributed by atoms with van der Waals surface area (Å²) in [7, 11) is 1.65. The summed E-state index contributed by atoms with van der Waals surface area (Å²) < 4.78 is 7.11. The van der Waals surface area contributed by atoms with Crippen LogP contribution in [0.1, 0.15) is 11.3 Å². The van der Waals surface area contributed by atoms with E-state index in [9.17, 15) is 4.79 Å². The molecule has 0 fully saturated rings. The van der Waals surface area contributed by atoms with Crippen LogP contribution in [0.5, 0.6) is 0 Å². The molecule has 0 aliphatic carbocycles. The maximum atomic E-state index is 10.7. The Morgan fingerprint density at radius 2 is 2.20 bits per heavy atom. The SMILES string of the molecule is COCc1ccccc1-n1cc(C)nc1SCC(=O)O. The number of aryl methyl sites for hydroxylation is 1. The van der Waals surface area contributed by atoms with Gasteiger partial charge in [0, 0.05) is 18.9 Å². The highest BCUT2D eigenvalue weighted by molar-refractivity contribution is 7.99. The monoisotopic (exact) mass is 292 g/mol. The molecule has 106 valence electrons. The lowest BCUT2D eigenvalue weighted by atomic mass is 10.2. The van der Waals surface area contributed by atoms with Crippen LogP contribution in [0.4, 0.5) is 0 Å². The van der Waals surface area contributed by atoms with Crippen LogP contribution in [0, 0.1) is 6.92 Å². The molecule has 0 saturated heterocycles. The van der Waals surface area contributed by atoms with Crippen molar-refractivity contribution < 1.29 is 14.6 Å². The number of aliphatic carboxylic acids is 1. The summed E-state index contributed by atoms with van der Waals surface area (Å²) in [5.74, 6) is -0.865. The normalized spacial score (nSPS) is 10.7. The first kappa shape index (κ1) is 14.6. The van der Waals surface area contributed by atoms with E-state index in [0.29, 0.717) is 11.8 Å². The highest BCUT2D eigenvalue weighted by Gasteiger charge is 2.12. The third-order valence-corrected chi connectivity index (χ3v) is 3.61. The van der Waals surface area contributed by atoms with Crippen LogP contribution in [0.3, 0.4) is 0 Å². The van der Waals surface area contributed by atoms with Gasteiger partial charge in [-0.3, -0.25) is 9.36 Å². The van der Waals surface area contributed by atoms with Crippen molar-refractivity contribution in [2.75, 3.05) is 12.9 Å². The number of hydrogen-bond donors (Lipinski definition) is 1. The third kappa shape index (κ3) is 3.40. The van der Waals surface area contributed by atoms with E-state index in [1.165, 1.54) is 11.8 Å². The van der Waals surface area contributed by atoms with Crippen molar-refractivity contribution in [3.05, 3.63) is 41.7 Å². The smallest absolute Gasteiger partial charge is 0.313 e. The highest BCUT2D eigenvalue weighted by atomic mass is 32.2. The summed E-state index contributed by atoms with van der Waals surface area (Å²) in [6, 6.07) is 7.85. The van der Waals surface area contributed by atoms with E-state index in [2.05, 4.69) is 4.98 Å². The van der Waals surface area contributed by atoms with E-state index in [-0.39, 0.29) is 5.75 Å². The minimum Gasteiger partial charge on any atom is -0.481 e. The Bertz CT molecular complexity index is 610. The number of rotatable bonds is 6. The molecule has 20 heavy (non-hydrogen) atoms. The van der Waals surface area contributed by atoms with Crippen molar-refractivity contribution >= 4 is 17.7 Å². The fourth-order valence-electron chi connectivity index (χ4n) is 1.90. The van der Waals surface area contributed by atoms with Crippen LogP contribution in [0.25, 0.3) is 5.69 Å². The molecule has 2 rings (SSSR count). The molecule has 0 unspecified atom stereocenters. The van der Waals surface area contributed by atoms with E-state index < -0.39 is 5.97 Å². The number of carbonyl (C=O) groups is 1. The molecule has 0 radical (unpaired) electrons. The topological polar surface area (TPSA) is 64.4 Å². The van der Waals surface area contributed by atoms with Gasteiger partial charge in [0.25, 0.3) is 0 Å². The van der Waals surface area contributed by atoms with Crippen LogP contribution in [-0.4, -0.2) is 33.5 Å².